The van der Waals surface area contributed by atoms with Crippen LogP contribution in [0.1, 0.15) is 480 Å². The molecule has 6 saturated carbocycles. The summed E-state index contributed by atoms with van der Waals surface area (Å²) < 4.78 is 5.65. The Hall–Kier alpha value is -2.02. The van der Waals surface area contributed by atoms with Gasteiger partial charge >= 0.3 is 0 Å². The number of hydrogen-bond donors (Lipinski definition) is 0. The van der Waals surface area contributed by atoms with Gasteiger partial charge in [0.05, 0.1) is 0 Å². The molecule has 0 spiro atoms. The minimum absolute atomic E-state index is 0. The molecule has 0 bridgehead atoms. The summed E-state index contributed by atoms with van der Waals surface area (Å²) in [6.07, 6.45) is 62.6. The molecule has 6 rings (SSSR count). The molecule has 6 aliphatic rings. The van der Waals surface area contributed by atoms with Gasteiger partial charge in [0.2, 0.25) is 0 Å². The minimum Gasteiger partial charge on any atom is -0.381 e. The predicted molar refractivity (Wildman–Crippen MR) is 471 cm³/mol. The number of ether oxygens (including phenoxy) is 1. The first-order valence-electron chi connectivity index (χ1n) is 47.8. The molecule has 0 aromatic heterocycles. The molecule has 638 valence electrons. The number of ketones is 6. The third kappa shape index (κ3) is 52.5. The van der Waals surface area contributed by atoms with E-state index in [0.717, 1.165) is 242 Å². The lowest BCUT2D eigenvalue weighted by Crippen LogP contribution is -2.19. The van der Waals surface area contributed by atoms with Crippen LogP contribution in [0.3, 0.4) is 0 Å². The minimum atomic E-state index is 0. The molecule has 0 heterocycles. The molecule has 6 fully saturated rings. The van der Waals surface area contributed by atoms with Gasteiger partial charge in [0.15, 0.2) is 0 Å². The Morgan fingerprint density at radius 3 is 0.731 bits per heavy atom. The van der Waals surface area contributed by atoms with Gasteiger partial charge in [0.1, 0.15) is 34.7 Å². The summed E-state index contributed by atoms with van der Waals surface area (Å²) in [6.45, 7) is 46.4. The van der Waals surface area contributed by atoms with Crippen LogP contribution in [0, 0.1) is 118 Å². The van der Waals surface area contributed by atoms with Crippen molar-refractivity contribution in [2.75, 3.05) is 13.2 Å². The zero-order valence-corrected chi connectivity index (χ0v) is 75.6. The summed E-state index contributed by atoms with van der Waals surface area (Å²) in [5, 5.41) is 0. The number of hydrogen-bond acceptors (Lipinski definition) is 7. The maximum atomic E-state index is 11.9. The van der Waals surface area contributed by atoms with Crippen molar-refractivity contribution in [3.8, 4) is 0 Å². The Bertz CT molecular complexity index is 2090. The van der Waals surface area contributed by atoms with Gasteiger partial charge < -0.3 is 4.74 Å². The van der Waals surface area contributed by atoms with Crippen LogP contribution in [0.5, 0.6) is 0 Å². The lowest BCUT2D eigenvalue weighted by molar-refractivity contribution is -0.123. The number of Topliss-reactive ketones (excluding diaryl/α,β-unsaturated/α-hetero) is 6. The molecule has 7 heteroatoms. The Labute approximate surface area is 675 Å². The normalized spacial score (nSPS) is 24.9. The van der Waals surface area contributed by atoms with E-state index in [-0.39, 0.29) is 7.43 Å². The van der Waals surface area contributed by atoms with Crippen LogP contribution >= 0.6 is 0 Å². The second-order valence-electron chi connectivity index (χ2n) is 38.7. The van der Waals surface area contributed by atoms with Gasteiger partial charge in [-0.15, -0.1) is 0 Å². The fourth-order valence-corrected chi connectivity index (χ4v) is 19.3. The second kappa shape index (κ2) is 66.2. The highest BCUT2D eigenvalue weighted by Crippen LogP contribution is 2.41. The Morgan fingerprint density at radius 2 is 0.481 bits per heavy atom. The lowest BCUT2D eigenvalue weighted by Gasteiger charge is -2.30. The van der Waals surface area contributed by atoms with Crippen LogP contribution in [0.15, 0.2) is 0 Å². The number of rotatable bonds is 45. The van der Waals surface area contributed by atoms with Crippen LogP contribution in [0.2, 0.25) is 0 Å². The summed E-state index contributed by atoms with van der Waals surface area (Å²) in [4.78, 5) is 68.8. The van der Waals surface area contributed by atoms with E-state index in [4.69, 9.17) is 4.74 Å². The molecule has 7 nitrogen and oxygen atoms in total. The van der Waals surface area contributed by atoms with Crippen molar-refractivity contribution in [1.82, 2.24) is 0 Å². The molecule has 0 amide bonds. The van der Waals surface area contributed by atoms with Gasteiger partial charge in [-0.3, -0.25) is 28.8 Å². The van der Waals surface area contributed by atoms with Crippen molar-refractivity contribution in [2.45, 2.75) is 480 Å². The second-order valence-corrected chi connectivity index (χ2v) is 38.7. The molecular formula is C101H192O7. The number of unbranched alkanes of at least 4 members (excludes halogenated alkanes) is 1. The zero-order valence-electron chi connectivity index (χ0n) is 75.6. The van der Waals surface area contributed by atoms with Gasteiger partial charge in [-0.25, -0.2) is 0 Å². The van der Waals surface area contributed by atoms with Crippen molar-refractivity contribution in [1.29, 1.82) is 0 Å². The molecule has 6 aliphatic carbocycles. The van der Waals surface area contributed by atoms with Crippen molar-refractivity contribution < 1.29 is 33.5 Å². The highest BCUT2D eigenvalue weighted by molar-refractivity contribution is 5.81. The van der Waals surface area contributed by atoms with E-state index in [1.807, 2.05) is 20.8 Å². The Balaban J connectivity index is 0.00000127. The summed E-state index contributed by atoms with van der Waals surface area (Å²) >= 11 is 0. The quantitative estimate of drug-likeness (QED) is 0.0558. The smallest absolute Gasteiger partial charge is 0.135 e. The van der Waals surface area contributed by atoms with Crippen LogP contribution in [0.4, 0.5) is 0 Å². The van der Waals surface area contributed by atoms with Gasteiger partial charge in [0.25, 0.3) is 0 Å². The number of carbonyl (C=O) groups is 6. The molecule has 2 atom stereocenters. The van der Waals surface area contributed by atoms with E-state index < -0.39 is 0 Å². The largest absolute Gasteiger partial charge is 0.381 e. The highest BCUT2D eigenvalue weighted by atomic mass is 16.5. The number of carbonyl (C=O) groups excluding carboxylic acids is 6. The van der Waals surface area contributed by atoms with E-state index in [0.29, 0.717) is 59.4 Å². The SMILES string of the molecule is C.CCC(=O)CCCC1CCC(C(C)C)CC1.CCC(=O)CCCCC1CCC(C(C)C)CC1.CCC(=O)CCCOCCC1CCC(C(C)C)CC1.CCCC(=O)CCCC1CCC(C(C)C)CC1.CCC[C@@H](C)C(=O)CCCC1CCC(C(C)C)CC1.CCC[C@H](C)C(=O)CCCC1CCC(C(C)C)CC1. The first kappa shape index (κ1) is 106. The summed E-state index contributed by atoms with van der Waals surface area (Å²) in [5.74, 6) is 19.7. The van der Waals surface area contributed by atoms with Gasteiger partial charge in [-0.05, 0) is 248 Å². The third-order valence-corrected chi connectivity index (χ3v) is 28.2. The fraction of sp³-hybridized carbons (Fsp3) is 0.941. The molecule has 0 N–H and O–H groups in total. The lowest BCUT2D eigenvalue weighted by atomic mass is 9.75. The first-order valence-corrected chi connectivity index (χ1v) is 47.8. The van der Waals surface area contributed by atoms with Gasteiger partial charge in [-0.1, -0.05) is 274 Å². The molecule has 0 aromatic rings. The van der Waals surface area contributed by atoms with Crippen molar-refractivity contribution in [3.05, 3.63) is 0 Å². The Morgan fingerprint density at radius 1 is 0.250 bits per heavy atom. The standard InChI is InChI=1S/2C18H34O.C17H32O2.2C16H30O.C15H28O.CH4/c2*1-5-7-15(4)18(19)9-6-8-16-10-12-17(13-11-16)14(2)3;1-4-17(18)6-5-12-19-13-11-15-7-9-16(10-8-15)14(2)3;1-4-16(17)8-6-5-7-14-9-11-15(12-10-14)13(2)3;1-4-6-16(17)8-5-7-14-9-11-15(12-10-14)13(2)3;1-4-15(16)7-5-6-13-8-10-14(11-9-13)12(2)3;/h2*14-17H,5-13H2,1-4H3;14-16H,4-13H2,1-3H3;2*13-15H,4-12H2,1-3H3;12-14H,4-11H2,1-3H3;1H4/t2*15-,16?,17?;;;;;/m10...../s1. The Kier molecular flexibility index (Phi) is 64.9. The summed E-state index contributed by atoms with van der Waals surface area (Å²) in [6, 6.07) is 0. The molecule has 0 radical (unpaired) electrons. The predicted octanol–water partition coefficient (Wildman–Crippen LogP) is 31.1. The van der Waals surface area contributed by atoms with E-state index in [1.54, 1.807) is 0 Å². The third-order valence-electron chi connectivity index (χ3n) is 28.2. The molecule has 0 aliphatic heterocycles. The van der Waals surface area contributed by atoms with Gasteiger partial charge in [0, 0.05) is 89.3 Å². The van der Waals surface area contributed by atoms with Crippen LogP contribution in [0.25, 0.3) is 0 Å². The molecule has 0 saturated heterocycles. The van der Waals surface area contributed by atoms with E-state index >= 15 is 0 Å². The van der Waals surface area contributed by atoms with E-state index in [9.17, 15) is 28.8 Å². The molecule has 108 heavy (non-hydrogen) atoms. The van der Waals surface area contributed by atoms with Crippen molar-refractivity contribution in [2.24, 2.45) is 118 Å². The van der Waals surface area contributed by atoms with E-state index in [2.05, 4.69) is 118 Å². The maximum Gasteiger partial charge on any atom is 0.135 e. The first-order chi connectivity index (χ1) is 51.1. The van der Waals surface area contributed by atoms with Crippen molar-refractivity contribution in [3.63, 3.8) is 0 Å². The average molecular weight is 1520 g/mol. The molecular weight excluding hydrogens is 1330 g/mol. The molecule has 0 unspecified atom stereocenters. The summed E-state index contributed by atoms with van der Waals surface area (Å²) in [7, 11) is 0. The fourth-order valence-electron chi connectivity index (χ4n) is 19.3. The van der Waals surface area contributed by atoms with Crippen molar-refractivity contribution >= 4 is 34.7 Å². The maximum absolute atomic E-state index is 11.9. The average Bonchev–Trinajstić information content (AvgIpc) is 0.921. The zero-order chi connectivity index (χ0) is 79.9. The summed E-state index contributed by atoms with van der Waals surface area (Å²) in [5.41, 5.74) is 0. The topological polar surface area (TPSA) is 112 Å². The van der Waals surface area contributed by atoms with Gasteiger partial charge in [-0.2, -0.15) is 0 Å². The van der Waals surface area contributed by atoms with Crippen LogP contribution in [-0.4, -0.2) is 47.9 Å². The highest BCUT2D eigenvalue weighted by Gasteiger charge is 2.29. The van der Waals surface area contributed by atoms with Crippen LogP contribution < -0.4 is 0 Å². The molecule has 0 aromatic carbocycles. The monoisotopic (exact) mass is 1520 g/mol. The van der Waals surface area contributed by atoms with E-state index in [1.165, 1.54) is 199 Å². The van der Waals surface area contributed by atoms with Crippen LogP contribution in [-0.2, 0) is 33.5 Å².